The van der Waals surface area contributed by atoms with E-state index in [9.17, 15) is 14.4 Å². The number of nitrogens with one attached hydrogen (secondary N) is 1. The molecule has 4 rings (SSSR count). The molecule has 2 atom stereocenters. The zero-order chi connectivity index (χ0) is 19.8. The highest BCUT2D eigenvalue weighted by molar-refractivity contribution is 6.00. The molecule has 28 heavy (non-hydrogen) atoms. The van der Waals surface area contributed by atoms with Crippen LogP contribution < -0.4 is 5.32 Å². The van der Waals surface area contributed by atoms with E-state index in [1.54, 1.807) is 24.3 Å². The van der Waals surface area contributed by atoms with Gasteiger partial charge in [0.15, 0.2) is 0 Å². The van der Waals surface area contributed by atoms with E-state index in [-0.39, 0.29) is 18.2 Å². The fourth-order valence-electron chi connectivity index (χ4n) is 3.76. The van der Waals surface area contributed by atoms with Crippen molar-refractivity contribution in [2.45, 2.75) is 44.9 Å². The van der Waals surface area contributed by atoms with E-state index >= 15 is 0 Å². The minimum atomic E-state index is -0.849. The smallest absolute Gasteiger partial charge is 0.340 e. The molecule has 6 heteroatoms. The zero-order valence-electron chi connectivity index (χ0n) is 15.8. The van der Waals surface area contributed by atoms with Gasteiger partial charge in [0.2, 0.25) is 18.0 Å². The third-order valence-corrected chi connectivity index (χ3v) is 5.32. The van der Waals surface area contributed by atoms with Crippen LogP contribution in [0.25, 0.3) is 0 Å². The summed E-state index contributed by atoms with van der Waals surface area (Å²) in [5.74, 6) is -0.526. The molecule has 6 nitrogen and oxygen atoms in total. The molecule has 2 amide bonds. The number of carbonyl (C=O) groups excluding carboxylic acids is 3. The number of esters is 1. The summed E-state index contributed by atoms with van der Waals surface area (Å²) in [5, 5.41) is 2.89. The number of hydrogen-bond donors (Lipinski definition) is 1. The van der Waals surface area contributed by atoms with E-state index in [2.05, 4.69) is 19.2 Å². The molecule has 2 aromatic rings. The number of anilines is 1. The Morgan fingerprint density at radius 1 is 1.11 bits per heavy atom. The Bertz CT molecular complexity index is 936. The quantitative estimate of drug-likeness (QED) is 0.825. The number of fused-ring (bicyclic) bond motifs is 1. The summed E-state index contributed by atoms with van der Waals surface area (Å²) in [4.78, 5) is 39.0. The van der Waals surface area contributed by atoms with E-state index in [1.165, 1.54) is 10.5 Å². The lowest BCUT2D eigenvalue weighted by atomic mass is 10.0. The van der Waals surface area contributed by atoms with Crippen molar-refractivity contribution in [1.82, 2.24) is 4.90 Å². The lowest BCUT2D eigenvalue weighted by Crippen LogP contribution is -2.43. The first-order valence-electron chi connectivity index (χ1n) is 9.47. The molecule has 2 heterocycles. The molecule has 2 aliphatic rings. The van der Waals surface area contributed by atoms with Crippen LogP contribution >= 0.6 is 0 Å². The van der Waals surface area contributed by atoms with Gasteiger partial charge in [-0.15, -0.1) is 0 Å². The Balaban J connectivity index is 1.55. The van der Waals surface area contributed by atoms with Crippen LogP contribution in [0.15, 0.2) is 48.5 Å². The first-order chi connectivity index (χ1) is 13.5. The fourth-order valence-corrected chi connectivity index (χ4v) is 3.76. The van der Waals surface area contributed by atoms with Crippen LogP contribution in [-0.4, -0.2) is 28.7 Å². The first kappa shape index (κ1) is 18.2. The summed E-state index contributed by atoms with van der Waals surface area (Å²) in [5.41, 5.74) is 2.93. The minimum absolute atomic E-state index is 0.190. The molecule has 0 radical (unpaired) electrons. The monoisotopic (exact) mass is 378 g/mol. The first-order valence-corrected chi connectivity index (χ1v) is 9.47. The second-order valence-electron chi connectivity index (χ2n) is 7.47. The number of nitrogens with zero attached hydrogens (tertiary/aromatic N) is 1. The molecule has 1 saturated heterocycles. The molecule has 0 unspecified atom stereocenters. The summed E-state index contributed by atoms with van der Waals surface area (Å²) >= 11 is 0. The van der Waals surface area contributed by atoms with E-state index in [0.29, 0.717) is 29.2 Å². The van der Waals surface area contributed by atoms with Gasteiger partial charge >= 0.3 is 5.97 Å². The topological polar surface area (TPSA) is 75.7 Å². The summed E-state index contributed by atoms with van der Waals surface area (Å²) < 4.78 is 5.44. The van der Waals surface area contributed by atoms with Crippen LogP contribution in [0.4, 0.5) is 5.69 Å². The van der Waals surface area contributed by atoms with Crippen molar-refractivity contribution in [3.05, 3.63) is 65.2 Å². The molecule has 2 aromatic carbocycles. The zero-order valence-corrected chi connectivity index (χ0v) is 15.8. The highest BCUT2D eigenvalue weighted by atomic mass is 16.6. The van der Waals surface area contributed by atoms with Crippen molar-refractivity contribution in [2.24, 2.45) is 0 Å². The van der Waals surface area contributed by atoms with Gasteiger partial charge in [-0.2, -0.15) is 0 Å². The SMILES string of the molecule is CC(C)c1ccc(NC(=O)[C@@H]2CCC(=O)N2[C@H]2OC(=O)c3ccccc32)cc1. The Morgan fingerprint density at radius 2 is 1.82 bits per heavy atom. The number of cyclic esters (lactones) is 1. The Labute approximate surface area is 163 Å². The number of carbonyl (C=O) groups is 3. The van der Waals surface area contributed by atoms with E-state index in [1.807, 2.05) is 24.3 Å². The summed E-state index contributed by atoms with van der Waals surface area (Å²) in [6.07, 6.45) is -0.205. The number of hydrogen-bond acceptors (Lipinski definition) is 4. The standard InChI is InChI=1S/C22H22N2O4/c1-13(2)14-7-9-15(10-8-14)23-20(26)18-11-12-19(25)24(18)21-16-5-3-4-6-17(16)22(27)28-21/h3-10,13,18,21H,11-12H2,1-2H3,(H,23,26)/t18-,21-/m0/s1. The molecule has 0 aromatic heterocycles. The highest BCUT2D eigenvalue weighted by Gasteiger charge is 2.46. The second kappa shape index (κ2) is 7.11. The van der Waals surface area contributed by atoms with Gasteiger partial charge in [-0.25, -0.2) is 4.79 Å². The highest BCUT2D eigenvalue weighted by Crippen LogP contribution is 2.38. The van der Waals surface area contributed by atoms with Crippen molar-refractivity contribution in [3.8, 4) is 0 Å². The van der Waals surface area contributed by atoms with Crippen LogP contribution in [-0.2, 0) is 14.3 Å². The maximum Gasteiger partial charge on any atom is 0.340 e. The van der Waals surface area contributed by atoms with E-state index in [4.69, 9.17) is 4.74 Å². The van der Waals surface area contributed by atoms with Crippen LogP contribution in [0, 0.1) is 0 Å². The van der Waals surface area contributed by atoms with Crippen LogP contribution in [0.3, 0.4) is 0 Å². The molecule has 0 spiro atoms. The van der Waals surface area contributed by atoms with Crippen LogP contribution in [0.2, 0.25) is 0 Å². The van der Waals surface area contributed by atoms with Crippen molar-refractivity contribution >= 4 is 23.5 Å². The maximum absolute atomic E-state index is 12.9. The minimum Gasteiger partial charge on any atom is -0.433 e. The van der Waals surface area contributed by atoms with Gasteiger partial charge in [0.05, 0.1) is 5.56 Å². The predicted molar refractivity (Wildman–Crippen MR) is 104 cm³/mol. The molecule has 0 bridgehead atoms. The molecule has 0 saturated carbocycles. The molecule has 1 fully saturated rings. The molecule has 1 N–H and O–H groups in total. The van der Waals surface area contributed by atoms with Gasteiger partial charge in [-0.05, 0) is 36.1 Å². The van der Waals surface area contributed by atoms with E-state index in [0.717, 1.165) is 0 Å². The van der Waals surface area contributed by atoms with Gasteiger partial charge in [-0.3, -0.25) is 14.5 Å². The summed E-state index contributed by atoms with van der Waals surface area (Å²) in [6.45, 7) is 4.21. The van der Waals surface area contributed by atoms with Gasteiger partial charge < -0.3 is 10.1 Å². The summed E-state index contributed by atoms with van der Waals surface area (Å²) in [6, 6.07) is 14.0. The second-order valence-corrected chi connectivity index (χ2v) is 7.47. The normalized spacial score (nSPS) is 21.0. The maximum atomic E-state index is 12.9. The molecular formula is C22H22N2O4. The van der Waals surface area contributed by atoms with Crippen LogP contribution in [0.5, 0.6) is 0 Å². The Hall–Kier alpha value is -3.15. The van der Waals surface area contributed by atoms with Gasteiger partial charge in [-0.1, -0.05) is 44.2 Å². The van der Waals surface area contributed by atoms with Crippen molar-refractivity contribution in [2.75, 3.05) is 5.32 Å². The van der Waals surface area contributed by atoms with Crippen molar-refractivity contribution in [3.63, 3.8) is 0 Å². The number of amides is 2. The van der Waals surface area contributed by atoms with Crippen LogP contribution in [0.1, 0.15) is 60.3 Å². The van der Waals surface area contributed by atoms with E-state index < -0.39 is 18.2 Å². The summed E-state index contributed by atoms with van der Waals surface area (Å²) in [7, 11) is 0. The number of rotatable bonds is 4. The molecule has 144 valence electrons. The number of benzene rings is 2. The van der Waals surface area contributed by atoms with Crippen molar-refractivity contribution < 1.29 is 19.1 Å². The largest absolute Gasteiger partial charge is 0.433 e. The third kappa shape index (κ3) is 3.15. The lowest BCUT2D eigenvalue weighted by Gasteiger charge is -2.29. The average Bonchev–Trinajstić information content (AvgIpc) is 3.22. The van der Waals surface area contributed by atoms with Gasteiger partial charge in [0.1, 0.15) is 6.04 Å². The van der Waals surface area contributed by atoms with Crippen molar-refractivity contribution in [1.29, 1.82) is 0 Å². The number of ether oxygens (including phenoxy) is 1. The van der Waals surface area contributed by atoms with Gasteiger partial charge in [0, 0.05) is 17.7 Å². The Kier molecular flexibility index (Phi) is 4.63. The molecule has 0 aliphatic carbocycles. The van der Waals surface area contributed by atoms with Gasteiger partial charge in [0.25, 0.3) is 0 Å². The lowest BCUT2D eigenvalue weighted by molar-refractivity contribution is -0.144. The average molecular weight is 378 g/mol. The molecule has 2 aliphatic heterocycles. The third-order valence-electron chi connectivity index (χ3n) is 5.32. The predicted octanol–water partition coefficient (Wildman–Crippen LogP) is 3.61. The number of likely N-dealkylation sites (tertiary alicyclic amines) is 1. The Morgan fingerprint density at radius 3 is 2.54 bits per heavy atom. The fraction of sp³-hybridized carbons (Fsp3) is 0.318. The molecular weight excluding hydrogens is 356 g/mol.